The molecule has 0 amide bonds. The maximum absolute atomic E-state index is 5.84. The second kappa shape index (κ2) is 9.13. The van der Waals surface area contributed by atoms with E-state index in [9.17, 15) is 0 Å². The van der Waals surface area contributed by atoms with Crippen LogP contribution in [-0.2, 0) is 14.9 Å². The van der Waals surface area contributed by atoms with E-state index < -0.39 is 0 Å². The number of fused-ring (bicyclic) bond motifs is 3. The lowest BCUT2D eigenvalue weighted by atomic mass is 9.63. The fourth-order valence-corrected chi connectivity index (χ4v) is 5.68. The number of rotatable bonds is 8. The van der Waals surface area contributed by atoms with Gasteiger partial charge in [-0.2, -0.15) is 0 Å². The number of hydrogen-bond donors (Lipinski definition) is 0. The molecule has 33 heavy (non-hydrogen) atoms. The molecule has 0 heterocycles. The first-order valence-corrected chi connectivity index (χ1v) is 12.1. The maximum atomic E-state index is 5.84. The number of hydrogen-bond acceptors (Lipinski definition) is 2. The van der Waals surface area contributed by atoms with Gasteiger partial charge < -0.3 is 9.47 Å². The van der Waals surface area contributed by atoms with E-state index in [1.54, 1.807) is 0 Å². The number of allylic oxidation sites excluding steroid dienone is 4. The minimum absolute atomic E-state index is 0.169. The molecule has 0 fully saturated rings. The summed E-state index contributed by atoms with van der Waals surface area (Å²) in [7, 11) is 0. The Morgan fingerprint density at radius 3 is 1.91 bits per heavy atom. The first kappa shape index (κ1) is 21.9. The van der Waals surface area contributed by atoms with Crippen molar-refractivity contribution in [3.8, 4) is 11.1 Å². The normalized spacial score (nSPS) is 16.5. The molecule has 2 heteroatoms. The summed E-state index contributed by atoms with van der Waals surface area (Å²) in [6, 6.07) is 26.8. The lowest BCUT2D eigenvalue weighted by Gasteiger charge is -2.39. The third kappa shape index (κ3) is 3.68. The van der Waals surface area contributed by atoms with Crippen molar-refractivity contribution in [2.75, 3.05) is 13.2 Å². The van der Waals surface area contributed by atoms with Gasteiger partial charge in [-0.05, 0) is 48.1 Å². The van der Waals surface area contributed by atoms with Crippen molar-refractivity contribution in [2.24, 2.45) is 0 Å². The molecule has 0 N–H and O–H groups in total. The summed E-state index contributed by atoms with van der Waals surface area (Å²) in [5.74, 6) is 0.261. The van der Waals surface area contributed by atoms with Gasteiger partial charge in [-0.25, -0.2) is 0 Å². The largest absolute Gasteiger partial charge is 0.349 e. The molecular formula is C31H32O2. The van der Waals surface area contributed by atoms with E-state index in [4.69, 9.17) is 9.47 Å². The van der Waals surface area contributed by atoms with Crippen LogP contribution in [0, 0.1) is 0 Å². The van der Waals surface area contributed by atoms with Crippen LogP contribution in [0.3, 0.4) is 0 Å². The van der Waals surface area contributed by atoms with E-state index in [1.807, 2.05) is 13.8 Å². The van der Waals surface area contributed by atoms with Crippen LogP contribution in [-0.4, -0.2) is 13.2 Å². The van der Waals surface area contributed by atoms with E-state index in [0.717, 1.165) is 12.0 Å². The van der Waals surface area contributed by atoms with Crippen LogP contribution in [0.15, 0.2) is 96.6 Å². The summed E-state index contributed by atoms with van der Waals surface area (Å²) in [4.78, 5) is 0. The highest BCUT2D eigenvalue weighted by molar-refractivity contribution is 5.80. The summed E-state index contributed by atoms with van der Waals surface area (Å²) < 4.78 is 11.7. The number of benzene rings is 3. The predicted molar refractivity (Wildman–Crippen MR) is 135 cm³/mol. The molecule has 2 aliphatic carbocycles. The molecular weight excluding hydrogens is 404 g/mol. The monoisotopic (exact) mass is 436 g/mol. The molecule has 2 nitrogen and oxygen atoms in total. The van der Waals surface area contributed by atoms with Crippen molar-refractivity contribution in [3.63, 3.8) is 0 Å². The van der Waals surface area contributed by atoms with Gasteiger partial charge in [0.2, 0.25) is 0 Å². The van der Waals surface area contributed by atoms with Gasteiger partial charge in [0.1, 0.15) is 0 Å². The van der Waals surface area contributed by atoms with E-state index >= 15 is 0 Å². The zero-order valence-corrected chi connectivity index (χ0v) is 19.8. The van der Waals surface area contributed by atoms with Gasteiger partial charge in [-0.3, -0.25) is 0 Å². The third-order valence-corrected chi connectivity index (χ3v) is 7.27. The Hall–Kier alpha value is -2.94. The van der Waals surface area contributed by atoms with E-state index in [0.29, 0.717) is 13.2 Å². The molecule has 0 radical (unpaired) electrons. The van der Waals surface area contributed by atoms with Crippen LogP contribution in [0.5, 0.6) is 0 Å². The molecule has 0 bridgehead atoms. The van der Waals surface area contributed by atoms with E-state index in [2.05, 4.69) is 97.9 Å². The van der Waals surface area contributed by atoms with Crippen molar-refractivity contribution in [1.29, 1.82) is 0 Å². The molecule has 0 aliphatic heterocycles. The Bertz CT molecular complexity index is 1140. The molecule has 2 aliphatic rings. The highest BCUT2D eigenvalue weighted by atomic mass is 16.7. The zero-order valence-electron chi connectivity index (χ0n) is 19.8. The molecule has 0 spiro atoms. The second-order valence-electron chi connectivity index (χ2n) is 9.00. The SMILES string of the molecule is CCOC(OCC)c1ccc(C(C)(C2=CC=CC2)C2c3ccccc3-c3ccccc32)cc1. The van der Waals surface area contributed by atoms with Crippen LogP contribution >= 0.6 is 0 Å². The van der Waals surface area contributed by atoms with Gasteiger partial charge in [0.05, 0.1) is 0 Å². The Balaban J connectivity index is 1.64. The third-order valence-electron chi connectivity index (χ3n) is 7.27. The topological polar surface area (TPSA) is 18.5 Å². The Kier molecular flexibility index (Phi) is 6.05. The first-order chi connectivity index (χ1) is 16.2. The highest BCUT2D eigenvalue weighted by Crippen LogP contribution is 2.57. The molecule has 1 unspecified atom stereocenters. The van der Waals surface area contributed by atoms with Gasteiger partial charge in [-0.1, -0.05) is 104 Å². The summed E-state index contributed by atoms with van der Waals surface area (Å²) in [5, 5.41) is 0. The molecule has 0 saturated carbocycles. The average Bonchev–Trinajstić information content (AvgIpc) is 3.51. The Morgan fingerprint density at radius 1 is 0.818 bits per heavy atom. The molecule has 3 aromatic rings. The summed E-state index contributed by atoms with van der Waals surface area (Å²) in [6.07, 6.45) is 7.46. The molecule has 5 rings (SSSR count). The van der Waals surface area contributed by atoms with Crippen LogP contribution in [0.4, 0.5) is 0 Å². The van der Waals surface area contributed by atoms with Crippen molar-refractivity contribution < 1.29 is 9.47 Å². The van der Waals surface area contributed by atoms with E-state index in [1.165, 1.54) is 33.4 Å². The van der Waals surface area contributed by atoms with Crippen molar-refractivity contribution in [2.45, 2.75) is 44.8 Å². The molecule has 1 atom stereocenters. The molecule has 3 aromatic carbocycles. The fourth-order valence-electron chi connectivity index (χ4n) is 5.68. The summed E-state index contributed by atoms with van der Waals surface area (Å²) in [5.41, 5.74) is 9.23. The molecule has 0 saturated heterocycles. The summed E-state index contributed by atoms with van der Waals surface area (Å²) >= 11 is 0. The van der Waals surface area contributed by atoms with Gasteiger partial charge in [-0.15, -0.1) is 0 Å². The summed E-state index contributed by atoms with van der Waals surface area (Å²) in [6.45, 7) is 7.68. The van der Waals surface area contributed by atoms with Crippen molar-refractivity contribution in [1.82, 2.24) is 0 Å². The zero-order chi connectivity index (χ0) is 22.8. The van der Waals surface area contributed by atoms with Crippen molar-refractivity contribution in [3.05, 3.63) is 119 Å². The smallest absolute Gasteiger partial charge is 0.183 e. The van der Waals surface area contributed by atoms with Crippen LogP contribution in [0.2, 0.25) is 0 Å². The van der Waals surface area contributed by atoms with Crippen LogP contribution in [0.1, 0.15) is 61.7 Å². The van der Waals surface area contributed by atoms with E-state index in [-0.39, 0.29) is 17.6 Å². The Morgan fingerprint density at radius 2 is 1.39 bits per heavy atom. The van der Waals surface area contributed by atoms with Crippen LogP contribution in [0.25, 0.3) is 11.1 Å². The fraction of sp³-hybridized carbons (Fsp3) is 0.290. The molecule has 168 valence electrons. The predicted octanol–water partition coefficient (Wildman–Crippen LogP) is 7.71. The minimum atomic E-state index is -0.319. The highest BCUT2D eigenvalue weighted by Gasteiger charge is 2.45. The lowest BCUT2D eigenvalue weighted by Crippen LogP contribution is -2.32. The quantitative estimate of drug-likeness (QED) is 0.337. The van der Waals surface area contributed by atoms with Crippen LogP contribution < -0.4 is 0 Å². The average molecular weight is 437 g/mol. The lowest BCUT2D eigenvalue weighted by molar-refractivity contribution is -0.140. The Labute approximate surface area is 197 Å². The van der Waals surface area contributed by atoms with Gasteiger partial charge >= 0.3 is 0 Å². The second-order valence-corrected chi connectivity index (χ2v) is 9.00. The minimum Gasteiger partial charge on any atom is -0.349 e. The van der Waals surface area contributed by atoms with Gasteiger partial charge in [0, 0.05) is 30.1 Å². The first-order valence-electron chi connectivity index (χ1n) is 12.1. The van der Waals surface area contributed by atoms with Crippen molar-refractivity contribution >= 4 is 0 Å². The standard InChI is InChI=1S/C31H32O2/c1-4-32-30(33-5-2)22-18-20-24(21-19-22)31(3,23-12-6-7-13-23)29-27-16-10-8-14-25(27)26-15-9-11-17-28(26)29/h6-12,14-21,29-30H,4-5,13H2,1-3H3. The number of ether oxygens (including phenoxy) is 2. The van der Waals surface area contributed by atoms with Gasteiger partial charge in [0.15, 0.2) is 6.29 Å². The maximum Gasteiger partial charge on any atom is 0.183 e. The molecule has 0 aromatic heterocycles. The van der Waals surface area contributed by atoms with Gasteiger partial charge in [0.25, 0.3) is 0 Å².